The lowest BCUT2D eigenvalue weighted by Crippen LogP contribution is -2.08. The highest BCUT2D eigenvalue weighted by molar-refractivity contribution is 4.65. The second kappa shape index (κ2) is 7.31. The largest absolute Gasteiger partial charge is 0.0625 e. The third-order valence-corrected chi connectivity index (χ3v) is 3.80. The normalized spacial score (nSPS) is 33.0. The van der Waals surface area contributed by atoms with Crippen LogP contribution >= 0.6 is 0 Å². The van der Waals surface area contributed by atoms with E-state index in [0.717, 1.165) is 11.8 Å². The highest BCUT2D eigenvalue weighted by atomic mass is 14.2. The summed E-state index contributed by atoms with van der Waals surface area (Å²) in [5.41, 5.74) is 0. The summed E-state index contributed by atoms with van der Waals surface area (Å²) in [5, 5.41) is 0. The zero-order valence-corrected chi connectivity index (χ0v) is 10.2. The molecule has 0 nitrogen and oxygen atoms in total. The van der Waals surface area contributed by atoms with Crippen LogP contribution in [-0.4, -0.2) is 0 Å². The minimum Gasteiger partial charge on any atom is -0.0625 e. The Balaban J connectivity index is 0.000000146. The first-order valence-electron chi connectivity index (χ1n) is 6.79. The van der Waals surface area contributed by atoms with Gasteiger partial charge in [0.05, 0.1) is 0 Å². The van der Waals surface area contributed by atoms with Gasteiger partial charge in [-0.25, -0.2) is 0 Å². The topological polar surface area (TPSA) is 0 Å². The van der Waals surface area contributed by atoms with Crippen molar-refractivity contribution in [2.75, 3.05) is 0 Å². The Morgan fingerprint density at radius 2 is 0.714 bits per heavy atom. The van der Waals surface area contributed by atoms with E-state index >= 15 is 0 Å². The quantitative estimate of drug-likeness (QED) is 0.501. The summed E-state index contributed by atoms with van der Waals surface area (Å²) in [6.07, 6.45) is 14.9. The van der Waals surface area contributed by atoms with Gasteiger partial charge < -0.3 is 0 Å². The Hall–Kier alpha value is 0. The molecule has 0 amide bonds. The molecule has 84 valence electrons. The van der Waals surface area contributed by atoms with Crippen LogP contribution in [0.2, 0.25) is 0 Å². The molecule has 0 unspecified atom stereocenters. The van der Waals surface area contributed by atoms with Crippen LogP contribution in [0.1, 0.15) is 78.1 Å². The fourth-order valence-corrected chi connectivity index (χ4v) is 2.49. The van der Waals surface area contributed by atoms with Crippen LogP contribution < -0.4 is 0 Å². The van der Waals surface area contributed by atoms with Crippen LogP contribution in [0.25, 0.3) is 0 Å². The zero-order valence-electron chi connectivity index (χ0n) is 10.2. The molecule has 0 aromatic rings. The molecule has 2 saturated carbocycles. The molecular weight excluding hydrogens is 168 g/mol. The SMILES string of the molecule is C1CCCCC1.CC1CCC(C)CC1. The zero-order chi connectivity index (χ0) is 10.2. The van der Waals surface area contributed by atoms with E-state index in [2.05, 4.69) is 13.8 Å². The minimum atomic E-state index is 1.02. The molecule has 14 heavy (non-hydrogen) atoms. The van der Waals surface area contributed by atoms with E-state index in [4.69, 9.17) is 0 Å². The van der Waals surface area contributed by atoms with Gasteiger partial charge in [0.15, 0.2) is 0 Å². The molecule has 0 heteroatoms. The molecule has 2 aliphatic carbocycles. The van der Waals surface area contributed by atoms with Gasteiger partial charge in [-0.3, -0.25) is 0 Å². The first-order valence-corrected chi connectivity index (χ1v) is 6.79. The summed E-state index contributed by atoms with van der Waals surface area (Å²) >= 11 is 0. The van der Waals surface area contributed by atoms with Crippen molar-refractivity contribution in [3.05, 3.63) is 0 Å². The van der Waals surface area contributed by atoms with Crippen LogP contribution in [-0.2, 0) is 0 Å². The van der Waals surface area contributed by atoms with Crippen LogP contribution in [0.4, 0.5) is 0 Å². The van der Waals surface area contributed by atoms with Crippen molar-refractivity contribution in [2.45, 2.75) is 78.1 Å². The van der Waals surface area contributed by atoms with E-state index in [-0.39, 0.29) is 0 Å². The van der Waals surface area contributed by atoms with Crippen molar-refractivity contribution < 1.29 is 0 Å². The third kappa shape index (κ3) is 5.67. The van der Waals surface area contributed by atoms with Gasteiger partial charge in [0.1, 0.15) is 0 Å². The Bertz CT molecular complexity index is 94.5. The van der Waals surface area contributed by atoms with Crippen LogP contribution in [0.5, 0.6) is 0 Å². The van der Waals surface area contributed by atoms with Crippen molar-refractivity contribution >= 4 is 0 Å². The number of hydrogen-bond donors (Lipinski definition) is 0. The van der Waals surface area contributed by atoms with E-state index in [1.54, 1.807) is 0 Å². The van der Waals surface area contributed by atoms with Gasteiger partial charge in [0.2, 0.25) is 0 Å². The van der Waals surface area contributed by atoms with Crippen molar-refractivity contribution in [1.29, 1.82) is 0 Å². The second-order valence-electron chi connectivity index (χ2n) is 5.49. The predicted molar refractivity (Wildman–Crippen MR) is 64.5 cm³/mol. The van der Waals surface area contributed by atoms with Gasteiger partial charge in [-0.15, -0.1) is 0 Å². The van der Waals surface area contributed by atoms with Crippen molar-refractivity contribution in [3.8, 4) is 0 Å². The van der Waals surface area contributed by atoms with Crippen LogP contribution in [0.15, 0.2) is 0 Å². The highest BCUT2D eigenvalue weighted by Crippen LogP contribution is 2.27. The Morgan fingerprint density at radius 1 is 0.500 bits per heavy atom. The van der Waals surface area contributed by atoms with Crippen molar-refractivity contribution in [1.82, 2.24) is 0 Å². The van der Waals surface area contributed by atoms with Crippen LogP contribution in [0, 0.1) is 11.8 Å². The average Bonchev–Trinajstić information content (AvgIpc) is 2.26. The standard InChI is InChI=1S/C8H16.C6H12/c1-7-3-5-8(2)6-4-7;1-2-4-6-5-3-1/h7-8H,3-6H2,1-2H3;1-6H2. The minimum absolute atomic E-state index is 1.02. The Kier molecular flexibility index (Phi) is 6.31. The van der Waals surface area contributed by atoms with E-state index in [0.29, 0.717) is 0 Å². The fourth-order valence-electron chi connectivity index (χ4n) is 2.49. The fraction of sp³-hybridized carbons (Fsp3) is 1.00. The summed E-state index contributed by atoms with van der Waals surface area (Å²) in [6, 6.07) is 0. The molecule has 2 fully saturated rings. The molecular formula is C14H28. The van der Waals surface area contributed by atoms with Gasteiger partial charge in [-0.05, 0) is 11.8 Å². The maximum Gasteiger partial charge on any atom is -0.0443 e. The predicted octanol–water partition coefficient (Wildman–Crippen LogP) is 5.17. The number of hydrogen-bond acceptors (Lipinski definition) is 0. The van der Waals surface area contributed by atoms with Gasteiger partial charge in [-0.2, -0.15) is 0 Å². The molecule has 0 spiro atoms. The molecule has 0 saturated heterocycles. The monoisotopic (exact) mass is 196 g/mol. The van der Waals surface area contributed by atoms with Gasteiger partial charge in [0.25, 0.3) is 0 Å². The van der Waals surface area contributed by atoms with Gasteiger partial charge >= 0.3 is 0 Å². The summed E-state index contributed by atoms with van der Waals surface area (Å²) < 4.78 is 0. The lowest BCUT2D eigenvalue weighted by atomic mass is 9.84. The summed E-state index contributed by atoms with van der Waals surface area (Å²) in [6.45, 7) is 4.73. The van der Waals surface area contributed by atoms with E-state index in [1.165, 1.54) is 64.2 Å². The summed E-state index contributed by atoms with van der Waals surface area (Å²) in [5.74, 6) is 2.04. The van der Waals surface area contributed by atoms with E-state index in [9.17, 15) is 0 Å². The van der Waals surface area contributed by atoms with Gasteiger partial charge in [-0.1, -0.05) is 78.1 Å². The molecule has 0 aliphatic heterocycles. The Labute approximate surface area is 90.5 Å². The third-order valence-electron chi connectivity index (χ3n) is 3.80. The van der Waals surface area contributed by atoms with E-state index in [1.807, 2.05) is 0 Å². The second-order valence-corrected chi connectivity index (χ2v) is 5.49. The van der Waals surface area contributed by atoms with Crippen LogP contribution in [0.3, 0.4) is 0 Å². The van der Waals surface area contributed by atoms with Crippen molar-refractivity contribution in [3.63, 3.8) is 0 Å². The highest BCUT2D eigenvalue weighted by Gasteiger charge is 2.13. The lowest BCUT2D eigenvalue weighted by Gasteiger charge is -2.22. The van der Waals surface area contributed by atoms with E-state index < -0.39 is 0 Å². The molecule has 2 rings (SSSR count). The molecule has 0 heterocycles. The maximum atomic E-state index is 2.37. The Morgan fingerprint density at radius 3 is 0.929 bits per heavy atom. The molecule has 0 N–H and O–H groups in total. The smallest absolute Gasteiger partial charge is 0.0443 e. The van der Waals surface area contributed by atoms with Crippen molar-refractivity contribution in [2.24, 2.45) is 11.8 Å². The molecule has 0 bridgehead atoms. The molecule has 0 radical (unpaired) electrons. The maximum absolute atomic E-state index is 2.37. The summed E-state index contributed by atoms with van der Waals surface area (Å²) in [7, 11) is 0. The lowest BCUT2D eigenvalue weighted by molar-refractivity contribution is 0.308. The molecule has 0 aromatic heterocycles. The molecule has 0 atom stereocenters. The first kappa shape index (κ1) is 12.1. The molecule has 2 aliphatic rings. The number of rotatable bonds is 0. The van der Waals surface area contributed by atoms with Gasteiger partial charge in [0, 0.05) is 0 Å². The first-order chi connectivity index (χ1) is 6.79. The molecule has 0 aromatic carbocycles. The average molecular weight is 196 g/mol. The summed E-state index contributed by atoms with van der Waals surface area (Å²) in [4.78, 5) is 0.